The van der Waals surface area contributed by atoms with Crippen molar-refractivity contribution in [2.24, 2.45) is 0 Å². The van der Waals surface area contributed by atoms with Gasteiger partial charge in [-0.3, -0.25) is 4.79 Å². The van der Waals surface area contributed by atoms with Gasteiger partial charge in [-0.2, -0.15) is 0 Å². The molecular formula is C32H34CoO2. The SMILES string of the molecule is CC(=O)O.Cc1cc(C)cc(-c2cc(-c3cc(C)cc(C)c3)cc(-c3cc(C)cc(C)c3)c2)c1.[Co]. The molecule has 0 heterocycles. The zero-order valence-corrected chi connectivity index (χ0v) is 22.7. The fourth-order valence-corrected chi connectivity index (χ4v) is 4.55. The van der Waals surface area contributed by atoms with Crippen LogP contribution in [-0.4, -0.2) is 11.1 Å². The summed E-state index contributed by atoms with van der Waals surface area (Å²) in [5, 5.41) is 7.42. The van der Waals surface area contributed by atoms with Crippen molar-refractivity contribution in [3.05, 3.63) is 106 Å². The van der Waals surface area contributed by atoms with Gasteiger partial charge in [0.1, 0.15) is 0 Å². The molecule has 2 nitrogen and oxygen atoms in total. The van der Waals surface area contributed by atoms with Crippen LogP contribution in [0.25, 0.3) is 33.4 Å². The fraction of sp³-hybridized carbons (Fsp3) is 0.219. The van der Waals surface area contributed by atoms with E-state index in [0.717, 1.165) is 6.92 Å². The third-order valence-corrected chi connectivity index (χ3v) is 5.60. The van der Waals surface area contributed by atoms with E-state index in [2.05, 4.69) is 114 Å². The molecule has 4 rings (SSSR count). The van der Waals surface area contributed by atoms with Crippen LogP contribution in [-0.2, 0) is 21.6 Å². The van der Waals surface area contributed by atoms with Gasteiger partial charge in [-0.15, -0.1) is 0 Å². The van der Waals surface area contributed by atoms with E-state index in [9.17, 15) is 0 Å². The first kappa shape index (κ1) is 28.1. The maximum atomic E-state index is 9.00. The zero-order chi connectivity index (χ0) is 25.0. The summed E-state index contributed by atoms with van der Waals surface area (Å²) in [5.41, 5.74) is 15.5. The van der Waals surface area contributed by atoms with Gasteiger partial charge in [0.25, 0.3) is 5.97 Å². The predicted octanol–water partition coefficient (Wildman–Crippen LogP) is 8.63. The second-order valence-electron chi connectivity index (χ2n) is 9.45. The number of aryl methyl sites for hydroxylation is 6. The van der Waals surface area contributed by atoms with Gasteiger partial charge in [-0.05, 0) is 93.1 Å². The molecule has 0 saturated heterocycles. The van der Waals surface area contributed by atoms with Crippen molar-refractivity contribution >= 4 is 5.97 Å². The summed E-state index contributed by atoms with van der Waals surface area (Å²) >= 11 is 0. The van der Waals surface area contributed by atoms with E-state index < -0.39 is 5.97 Å². The first-order chi connectivity index (χ1) is 16.0. The Labute approximate surface area is 220 Å². The van der Waals surface area contributed by atoms with Crippen molar-refractivity contribution in [3.63, 3.8) is 0 Å². The quantitative estimate of drug-likeness (QED) is 0.300. The number of carboxylic acid groups (broad SMARTS) is 1. The average molecular weight is 510 g/mol. The Morgan fingerprint density at radius 1 is 0.429 bits per heavy atom. The molecule has 1 radical (unpaired) electrons. The van der Waals surface area contributed by atoms with Gasteiger partial charge in [0.2, 0.25) is 0 Å². The number of hydrogen-bond acceptors (Lipinski definition) is 1. The molecule has 3 heteroatoms. The minimum Gasteiger partial charge on any atom is -0.481 e. The summed E-state index contributed by atoms with van der Waals surface area (Å²) in [4.78, 5) is 9.00. The maximum Gasteiger partial charge on any atom is 0.300 e. The first-order valence-electron chi connectivity index (χ1n) is 11.6. The van der Waals surface area contributed by atoms with Crippen LogP contribution in [0.15, 0.2) is 72.8 Å². The van der Waals surface area contributed by atoms with E-state index in [-0.39, 0.29) is 16.8 Å². The van der Waals surface area contributed by atoms with Gasteiger partial charge in [0.15, 0.2) is 0 Å². The molecule has 0 fully saturated rings. The molecule has 0 aromatic heterocycles. The molecule has 0 aliphatic heterocycles. The summed E-state index contributed by atoms with van der Waals surface area (Å²) < 4.78 is 0. The Morgan fingerprint density at radius 2 is 0.571 bits per heavy atom. The first-order valence-corrected chi connectivity index (χ1v) is 11.6. The Hall–Kier alpha value is -3.14. The van der Waals surface area contributed by atoms with E-state index in [1.807, 2.05) is 0 Å². The van der Waals surface area contributed by atoms with Crippen LogP contribution >= 0.6 is 0 Å². The van der Waals surface area contributed by atoms with Crippen LogP contribution in [0, 0.1) is 41.5 Å². The molecule has 0 unspecified atom stereocenters. The third-order valence-electron chi connectivity index (χ3n) is 5.60. The van der Waals surface area contributed by atoms with Crippen molar-refractivity contribution in [2.45, 2.75) is 48.5 Å². The third kappa shape index (κ3) is 7.95. The van der Waals surface area contributed by atoms with Crippen LogP contribution in [0.4, 0.5) is 0 Å². The van der Waals surface area contributed by atoms with Crippen LogP contribution in [0.5, 0.6) is 0 Å². The topological polar surface area (TPSA) is 37.3 Å². The molecule has 1 N–H and O–H groups in total. The Bertz CT molecular complexity index is 1120. The van der Waals surface area contributed by atoms with Gasteiger partial charge in [-0.1, -0.05) is 88.0 Å². The second kappa shape index (κ2) is 12.0. The van der Waals surface area contributed by atoms with Crippen molar-refractivity contribution in [3.8, 4) is 33.4 Å². The Kier molecular flexibility index (Phi) is 9.64. The van der Waals surface area contributed by atoms with Crippen LogP contribution in [0.2, 0.25) is 0 Å². The number of hydrogen-bond donors (Lipinski definition) is 1. The summed E-state index contributed by atoms with van der Waals surface area (Å²) in [7, 11) is 0. The zero-order valence-electron chi connectivity index (χ0n) is 21.6. The number of carbonyl (C=O) groups is 1. The van der Waals surface area contributed by atoms with Crippen LogP contribution in [0.1, 0.15) is 40.3 Å². The number of carboxylic acids is 1. The van der Waals surface area contributed by atoms with E-state index >= 15 is 0 Å². The summed E-state index contributed by atoms with van der Waals surface area (Å²) in [6, 6.07) is 27.5. The molecule has 0 spiro atoms. The average Bonchev–Trinajstić information content (AvgIpc) is 2.71. The smallest absolute Gasteiger partial charge is 0.300 e. The van der Waals surface area contributed by atoms with Crippen molar-refractivity contribution in [1.29, 1.82) is 0 Å². The van der Waals surface area contributed by atoms with Crippen molar-refractivity contribution in [1.82, 2.24) is 0 Å². The van der Waals surface area contributed by atoms with E-state index in [4.69, 9.17) is 9.90 Å². The molecule has 0 saturated carbocycles. The molecular weight excluding hydrogens is 475 g/mol. The minimum absolute atomic E-state index is 0. The number of rotatable bonds is 3. The number of aliphatic carboxylic acids is 1. The van der Waals surface area contributed by atoms with Gasteiger partial charge in [0, 0.05) is 23.7 Å². The van der Waals surface area contributed by atoms with Crippen molar-refractivity contribution < 1.29 is 26.7 Å². The monoisotopic (exact) mass is 509 g/mol. The largest absolute Gasteiger partial charge is 0.481 e. The Balaban J connectivity index is 0.000000804. The molecule has 0 aliphatic carbocycles. The molecule has 0 bridgehead atoms. The maximum absolute atomic E-state index is 9.00. The van der Waals surface area contributed by atoms with Gasteiger partial charge in [0.05, 0.1) is 0 Å². The second-order valence-corrected chi connectivity index (χ2v) is 9.45. The summed E-state index contributed by atoms with van der Waals surface area (Å²) in [5.74, 6) is -0.833. The molecule has 183 valence electrons. The van der Waals surface area contributed by atoms with E-state index in [0.29, 0.717) is 0 Å². The van der Waals surface area contributed by atoms with Crippen LogP contribution in [0.3, 0.4) is 0 Å². The molecule has 4 aromatic rings. The Morgan fingerprint density at radius 3 is 0.743 bits per heavy atom. The molecule has 4 aromatic carbocycles. The molecule has 0 amide bonds. The normalized spacial score (nSPS) is 10.1. The van der Waals surface area contributed by atoms with E-state index in [1.165, 1.54) is 66.8 Å². The van der Waals surface area contributed by atoms with Gasteiger partial charge >= 0.3 is 0 Å². The fourth-order valence-electron chi connectivity index (χ4n) is 4.55. The van der Waals surface area contributed by atoms with Crippen molar-refractivity contribution in [2.75, 3.05) is 0 Å². The minimum atomic E-state index is -0.833. The predicted molar refractivity (Wildman–Crippen MR) is 144 cm³/mol. The standard InChI is InChI=1S/C30H30.C2H4O2.Co/c1-19-7-20(2)11-25(10-19)28-16-29(26-12-21(3)8-22(4)13-26)18-30(17-28)27-14-23(5)9-24(6)15-27;1-2(3)4;/h7-18H,1-6H3;1H3,(H,3,4);. The van der Waals surface area contributed by atoms with E-state index in [1.54, 1.807) is 0 Å². The molecule has 35 heavy (non-hydrogen) atoms. The van der Waals surface area contributed by atoms with Crippen LogP contribution < -0.4 is 0 Å². The summed E-state index contributed by atoms with van der Waals surface area (Å²) in [6.45, 7) is 14.1. The summed E-state index contributed by atoms with van der Waals surface area (Å²) in [6.07, 6.45) is 0. The van der Waals surface area contributed by atoms with Gasteiger partial charge < -0.3 is 5.11 Å². The molecule has 0 aliphatic rings. The molecule has 0 atom stereocenters. The van der Waals surface area contributed by atoms with Gasteiger partial charge in [-0.25, -0.2) is 0 Å². The number of benzene rings is 4.